The predicted molar refractivity (Wildman–Crippen MR) is 115 cm³/mol. The van der Waals surface area contributed by atoms with Crippen LogP contribution in [0.5, 0.6) is 0 Å². The van der Waals surface area contributed by atoms with Crippen LogP contribution in [0.2, 0.25) is 0 Å². The number of aliphatic hydroxyl groups is 3. The third-order valence-corrected chi connectivity index (χ3v) is 5.59. The van der Waals surface area contributed by atoms with Crippen molar-refractivity contribution in [2.24, 2.45) is 0 Å². The molecule has 0 aromatic heterocycles. The first-order chi connectivity index (χ1) is 14.0. The Balaban J connectivity index is 1.31. The zero-order valence-corrected chi connectivity index (χ0v) is 17.2. The average molecular weight is 400 g/mol. The molecule has 3 rings (SSSR count). The van der Waals surface area contributed by atoms with Crippen molar-refractivity contribution >= 4 is 0 Å². The topological polar surface area (TPSA) is 73.2 Å². The Hall–Kier alpha value is -1.76. The van der Waals surface area contributed by atoms with Crippen LogP contribution in [-0.2, 0) is 11.3 Å². The molecule has 0 saturated carbocycles. The van der Waals surface area contributed by atoms with Gasteiger partial charge in [0.2, 0.25) is 0 Å². The fraction of sp³-hybridized carbons (Fsp3) is 0.500. The van der Waals surface area contributed by atoms with Gasteiger partial charge >= 0.3 is 0 Å². The molecule has 1 unspecified atom stereocenters. The summed E-state index contributed by atoms with van der Waals surface area (Å²) in [6.45, 7) is 5.15. The van der Waals surface area contributed by atoms with E-state index in [-0.39, 0.29) is 0 Å². The van der Waals surface area contributed by atoms with E-state index >= 15 is 0 Å². The summed E-state index contributed by atoms with van der Waals surface area (Å²) in [5.41, 5.74) is 4.95. The molecule has 5 heteroatoms. The second-order valence-electron chi connectivity index (χ2n) is 8.01. The number of piperidine rings is 1. The molecule has 1 aliphatic rings. The van der Waals surface area contributed by atoms with Gasteiger partial charge in [-0.2, -0.15) is 0 Å². The van der Waals surface area contributed by atoms with Crippen molar-refractivity contribution in [2.75, 3.05) is 26.2 Å². The average Bonchev–Trinajstić information content (AvgIpc) is 2.72. The molecular formula is C24H33NO4. The summed E-state index contributed by atoms with van der Waals surface area (Å²) >= 11 is 0. The normalized spacial score (nSPS) is 22.7. The Morgan fingerprint density at radius 3 is 2.34 bits per heavy atom. The molecule has 1 saturated heterocycles. The zero-order valence-electron chi connectivity index (χ0n) is 17.2. The minimum atomic E-state index is -1.02. The number of aryl methyl sites for hydroxylation is 1. The van der Waals surface area contributed by atoms with Crippen LogP contribution in [0.25, 0.3) is 11.1 Å². The minimum Gasteiger partial charge on any atom is -0.389 e. The maximum absolute atomic E-state index is 9.73. The highest BCUT2D eigenvalue weighted by molar-refractivity contribution is 5.67. The second kappa shape index (κ2) is 10.9. The van der Waals surface area contributed by atoms with Crippen molar-refractivity contribution in [3.05, 3.63) is 59.7 Å². The van der Waals surface area contributed by atoms with Gasteiger partial charge in [-0.1, -0.05) is 48.5 Å². The van der Waals surface area contributed by atoms with Crippen molar-refractivity contribution in [1.29, 1.82) is 0 Å². The van der Waals surface area contributed by atoms with E-state index < -0.39 is 18.3 Å². The third-order valence-electron chi connectivity index (χ3n) is 5.59. The van der Waals surface area contributed by atoms with Crippen molar-refractivity contribution in [3.8, 4) is 11.1 Å². The van der Waals surface area contributed by atoms with Gasteiger partial charge in [0.05, 0.1) is 18.8 Å². The van der Waals surface area contributed by atoms with Gasteiger partial charge in [0, 0.05) is 19.7 Å². The van der Waals surface area contributed by atoms with Crippen LogP contribution in [0.4, 0.5) is 0 Å². The summed E-state index contributed by atoms with van der Waals surface area (Å²) in [5.74, 6) is 0. The predicted octanol–water partition coefficient (Wildman–Crippen LogP) is 2.75. The monoisotopic (exact) mass is 399 g/mol. The van der Waals surface area contributed by atoms with Crippen molar-refractivity contribution < 1.29 is 20.1 Å². The SMILES string of the molecule is Cc1cc(COCCCCCN2C[C@@H](O)C(O)[C@@H](O)C2)ccc1-c1ccccc1. The zero-order chi connectivity index (χ0) is 20.6. The minimum absolute atomic E-state index is 0.424. The highest BCUT2D eigenvalue weighted by Crippen LogP contribution is 2.24. The largest absolute Gasteiger partial charge is 0.389 e. The Labute approximate surface area is 173 Å². The number of ether oxygens (including phenoxy) is 1. The Morgan fingerprint density at radius 2 is 1.66 bits per heavy atom. The van der Waals surface area contributed by atoms with Crippen LogP contribution in [0.15, 0.2) is 48.5 Å². The molecular weight excluding hydrogens is 366 g/mol. The van der Waals surface area contributed by atoms with E-state index in [2.05, 4.69) is 49.4 Å². The molecule has 3 N–H and O–H groups in total. The fourth-order valence-corrected chi connectivity index (χ4v) is 3.92. The number of β-amino-alcohol motifs (C(OH)–C–C–N with tert-alkyl or cyclic N) is 2. The van der Waals surface area contributed by atoms with Crippen LogP contribution in [-0.4, -0.2) is 64.8 Å². The van der Waals surface area contributed by atoms with Crippen LogP contribution < -0.4 is 0 Å². The van der Waals surface area contributed by atoms with Crippen molar-refractivity contribution in [3.63, 3.8) is 0 Å². The molecule has 0 bridgehead atoms. The Morgan fingerprint density at radius 1 is 0.931 bits per heavy atom. The van der Waals surface area contributed by atoms with E-state index in [1.807, 2.05) is 11.0 Å². The van der Waals surface area contributed by atoms with Crippen molar-refractivity contribution in [1.82, 2.24) is 4.90 Å². The number of unbranched alkanes of at least 4 members (excludes halogenated alkanes) is 2. The van der Waals surface area contributed by atoms with Gasteiger partial charge < -0.3 is 20.1 Å². The van der Waals surface area contributed by atoms with Gasteiger partial charge in [0.1, 0.15) is 6.10 Å². The summed E-state index contributed by atoms with van der Waals surface area (Å²) in [6.07, 6.45) is 0.270. The van der Waals surface area contributed by atoms with Crippen LogP contribution in [0, 0.1) is 6.92 Å². The number of hydrogen-bond acceptors (Lipinski definition) is 5. The van der Waals surface area contributed by atoms with Crippen molar-refractivity contribution in [2.45, 2.75) is 51.1 Å². The van der Waals surface area contributed by atoms with Gasteiger partial charge in [-0.3, -0.25) is 4.90 Å². The fourth-order valence-electron chi connectivity index (χ4n) is 3.92. The first-order valence-corrected chi connectivity index (χ1v) is 10.5. The van der Waals surface area contributed by atoms with E-state index in [0.717, 1.165) is 32.4 Å². The van der Waals surface area contributed by atoms with Crippen LogP contribution >= 0.6 is 0 Å². The number of likely N-dealkylation sites (tertiary alicyclic amines) is 1. The highest BCUT2D eigenvalue weighted by atomic mass is 16.5. The molecule has 2 aromatic rings. The quantitative estimate of drug-likeness (QED) is 0.566. The summed E-state index contributed by atoms with van der Waals surface area (Å²) in [4.78, 5) is 2.01. The number of hydrogen-bond donors (Lipinski definition) is 3. The summed E-state index contributed by atoms with van der Waals surface area (Å²) in [6, 6.07) is 16.9. The first kappa shape index (κ1) is 21.9. The van der Waals surface area contributed by atoms with Crippen LogP contribution in [0.1, 0.15) is 30.4 Å². The lowest BCUT2D eigenvalue weighted by atomic mass is 9.99. The lowest BCUT2D eigenvalue weighted by Gasteiger charge is -2.36. The highest BCUT2D eigenvalue weighted by Gasteiger charge is 2.32. The van der Waals surface area contributed by atoms with Gasteiger partial charge in [-0.05, 0) is 55.0 Å². The molecule has 158 valence electrons. The summed E-state index contributed by atoms with van der Waals surface area (Å²) in [5, 5.41) is 29.0. The summed E-state index contributed by atoms with van der Waals surface area (Å²) < 4.78 is 5.83. The molecule has 0 aliphatic carbocycles. The maximum atomic E-state index is 9.73. The standard InChI is InChI=1S/C24H33NO4/c1-18-14-19(10-11-21(18)20-8-4-2-5-9-20)17-29-13-7-3-6-12-25-15-22(26)24(28)23(27)16-25/h2,4-5,8-11,14,22-24,26-28H,3,6-7,12-13,15-17H2,1H3/t22-,23+,24?. The molecule has 1 aliphatic heterocycles. The lowest BCUT2D eigenvalue weighted by Crippen LogP contribution is -2.55. The van der Waals surface area contributed by atoms with Gasteiger partial charge in [-0.15, -0.1) is 0 Å². The van der Waals surface area contributed by atoms with Crippen LogP contribution in [0.3, 0.4) is 0 Å². The number of rotatable bonds is 9. The molecule has 0 radical (unpaired) electrons. The molecule has 5 nitrogen and oxygen atoms in total. The second-order valence-corrected chi connectivity index (χ2v) is 8.01. The van der Waals surface area contributed by atoms with E-state index in [0.29, 0.717) is 19.7 Å². The van der Waals surface area contributed by atoms with Gasteiger partial charge in [-0.25, -0.2) is 0 Å². The molecule has 1 fully saturated rings. The van der Waals surface area contributed by atoms with Gasteiger partial charge in [0.15, 0.2) is 0 Å². The molecule has 3 atom stereocenters. The number of nitrogens with zero attached hydrogens (tertiary/aromatic N) is 1. The van der Waals surface area contributed by atoms with E-state index in [1.165, 1.54) is 22.3 Å². The summed E-state index contributed by atoms with van der Waals surface area (Å²) in [7, 11) is 0. The Bertz CT molecular complexity index is 740. The third kappa shape index (κ3) is 6.36. The van der Waals surface area contributed by atoms with E-state index in [4.69, 9.17) is 4.74 Å². The van der Waals surface area contributed by atoms with Gasteiger partial charge in [0.25, 0.3) is 0 Å². The molecule has 0 amide bonds. The first-order valence-electron chi connectivity index (χ1n) is 10.5. The smallest absolute Gasteiger partial charge is 0.108 e. The van der Waals surface area contributed by atoms with E-state index in [1.54, 1.807) is 0 Å². The molecule has 0 spiro atoms. The number of benzene rings is 2. The van der Waals surface area contributed by atoms with E-state index in [9.17, 15) is 15.3 Å². The Kier molecular flexibility index (Phi) is 8.21. The maximum Gasteiger partial charge on any atom is 0.108 e. The lowest BCUT2D eigenvalue weighted by molar-refractivity contribution is -0.109. The number of aliphatic hydroxyl groups excluding tert-OH is 3. The molecule has 1 heterocycles. The molecule has 29 heavy (non-hydrogen) atoms. The molecule has 2 aromatic carbocycles.